The zero-order valence-corrected chi connectivity index (χ0v) is 26.1. The van der Waals surface area contributed by atoms with Crippen LogP contribution in [-0.4, -0.2) is 0 Å². The maximum absolute atomic E-state index is 3.63. The van der Waals surface area contributed by atoms with Gasteiger partial charge in [-0.05, 0) is 104 Å². The standard InChI is InChI=1S/C43H28BrN/c44-31-12-10-11-30(27-31)29-21-23-33(24-22-29)45(32-13-2-1-3-14-32)34-25-26-38-37-17-6-9-20-41(37)43(42(38)28-34)39-18-7-4-15-35(39)36-16-5-8-19-40(36)43/h1-28H. The number of rotatable bonds is 4. The molecule has 0 saturated heterocycles. The van der Waals surface area contributed by atoms with Crippen LogP contribution >= 0.6 is 15.9 Å². The summed E-state index contributed by atoms with van der Waals surface area (Å²) in [4.78, 5) is 2.38. The topological polar surface area (TPSA) is 3.24 Å². The predicted molar refractivity (Wildman–Crippen MR) is 191 cm³/mol. The van der Waals surface area contributed by atoms with E-state index in [0.29, 0.717) is 0 Å². The molecule has 0 atom stereocenters. The van der Waals surface area contributed by atoms with E-state index in [1.165, 1.54) is 55.6 Å². The van der Waals surface area contributed by atoms with Crippen LogP contribution < -0.4 is 4.90 Å². The van der Waals surface area contributed by atoms with Crippen LogP contribution in [0.2, 0.25) is 0 Å². The van der Waals surface area contributed by atoms with Crippen molar-refractivity contribution in [2.75, 3.05) is 4.90 Å². The van der Waals surface area contributed by atoms with Crippen molar-refractivity contribution in [1.82, 2.24) is 0 Å². The number of halogens is 1. The van der Waals surface area contributed by atoms with Crippen LogP contribution in [-0.2, 0) is 5.41 Å². The van der Waals surface area contributed by atoms with Crippen LogP contribution in [0.3, 0.4) is 0 Å². The largest absolute Gasteiger partial charge is 0.310 e. The van der Waals surface area contributed by atoms with E-state index < -0.39 is 0 Å². The first kappa shape index (κ1) is 26.2. The van der Waals surface area contributed by atoms with Gasteiger partial charge in [0.2, 0.25) is 0 Å². The Hall–Kier alpha value is -5.18. The maximum Gasteiger partial charge on any atom is 0.0726 e. The molecular weight excluding hydrogens is 610 g/mol. The van der Waals surface area contributed by atoms with Crippen LogP contribution in [0.15, 0.2) is 174 Å². The fraction of sp³-hybridized carbons (Fsp3) is 0.0233. The van der Waals surface area contributed by atoms with E-state index in [-0.39, 0.29) is 5.41 Å². The van der Waals surface area contributed by atoms with E-state index in [1.807, 2.05) is 0 Å². The summed E-state index contributed by atoms with van der Waals surface area (Å²) in [6, 6.07) is 62.1. The summed E-state index contributed by atoms with van der Waals surface area (Å²) in [5.41, 5.74) is 16.1. The summed E-state index contributed by atoms with van der Waals surface area (Å²) in [7, 11) is 0. The summed E-state index contributed by atoms with van der Waals surface area (Å²) in [6.45, 7) is 0. The van der Waals surface area contributed by atoms with E-state index in [2.05, 4.69) is 191 Å². The molecule has 7 aromatic rings. The minimum absolute atomic E-state index is 0.373. The van der Waals surface area contributed by atoms with Gasteiger partial charge < -0.3 is 4.90 Å². The molecule has 2 heteroatoms. The van der Waals surface area contributed by atoms with Gasteiger partial charge in [0.15, 0.2) is 0 Å². The minimum atomic E-state index is -0.373. The molecule has 0 saturated carbocycles. The van der Waals surface area contributed by atoms with Crippen molar-refractivity contribution in [2.45, 2.75) is 5.41 Å². The predicted octanol–water partition coefficient (Wildman–Crippen LogP) is 11.9. The third-order valence-corrected chi connectivity index (χ3v) is 10.0. The van der Waals surface area contributed by atoms with Gasteiger partial charge >= 0.3 is 0 Å². The van der Waals surface area contributed by atoms with Crippen LogP contribution in [0.4, 0.5) is 17.1 Å². The second kappa shape index (κ2) is 10.2. The Balaban J connectivity index is 1.27. The Labute approximate surface area is 272 Å². The second-order valence-electron chi connectivity index (χ2n) is 11.8. The Kier molecular flexibility index (Phi) is 5.94. The molecule has 2 aliphatic rings. The Bertz CT molecular complexity index is 2170. The summed E-state index contributed by atoms with van der Waals surface area (Å²) in [5.74, 6) is 0. The lowest BCUT2D eigenvalue weighted by atomic mass is 9.70. The summed E-state index contributed by atoms with van der Waals surface area (Å²) >= 11 is 3.63. The number of hydrogen-bond donors (Lipinski definition) is 0. The van der Waals surface area contributed by atoms with Crippen LogP contribution in [0.1, 0.15) is 22.3 Å². The van der Waals surface area contributed by atoms with Gasteiger partial charge in [-0.25, -0.2) is 0 Å². The van der Waals surface area contributed by atoms with Crippen molar-refractivity contribution in [1.29, 1.82) is 0 Å². The quantitative estimate of drug-likeness (QED) is 0.185. The molecule has 45 heavy (non-hydrogen) atoms. The van der Waals surface area contributed by atoms with Gasteiger partial charge in [-0.15, -0.1) is 0 Å². The Morgan fingerprint density at radius 1 is 0.356 bits per heavy atom. The van der Waals surface area contributed by atoms with Crippen molar-refractivity contribution in [3.63, 3.8) is 0 Å². The van der Waals surface area contributed by atoms with E-state index in [4.69, 9.17) is 0 Å². The van der Waals surface area contributed by atoms with Crippen molar-refractivity contribution < 1.29 is 0 Å². The molecule has 0 radical (unpaired) electrons. The molecule has 9 rings (SSSR count). The van der Waals surface area contributed by atoms with Gasteiger partial charge in [-0.2, -0.15) is 0 Å². The molecule has 0 heterocycles. The highest BCUT2D eigenvalue weighted by atomic mass is 79.9. The number of nitrogens with zero attached hydrogens (tertiary/aromatic N) is 1. The third-order valence-electron chi connectivity index (χ3n) is 9.54. The van der Waals surface area contributed by atoms with Crippen LogP contribution in [0.5, 0.6) is 0 Å². The molecule has 0 bridgehead atoms. The average molecular weight is 639 g/mol. The van der Waals surface area contributed by atoms with Crippen molar-refractivity contribution in [3.8, 4) is 33.4 Å². The second-order valence-corrected chi connectivity index (χ2v) is 12.8. The van der Waals surface area contributed by atoms with Gasteiger partial charge in [0.05, 0.1) is 5.41 Å². The Morgan fingerprint density at radius 3 is 1.47 bits per heavy atom. The number of hydrogen-bond acceptors (Lipinski definition) is 1. The number of para-hydroxylation sites is 1. The fourth-order valence-corrected chi connectivity index (χ4v) is 8.12. The van der Waals surface area contributed by atoms with E-state index in [1.54, 1.807) is 0 Å². The van der Waals surface area contributed by atoms with Crippen LogP contribution in [0.25, 0.3) is 33.4 Å². The summed E-state index contributed by atoms with van der Waals surface area (Å²) < 4.78 is 1.08. The number of fused-ring (bicyclic) bond motifs is 10. The van der Waals surface area contributed by atoms with Gasteiger partial charge in [-0.3, -0.25) is 0 Å². The fourth-order valence-electron chi connectivity index (χ4n) is 7.72. The highest BCUT2D eigenvalue weighted by Crippen LogP contribution is 2.63. The molecule has 212 valence electrons. The summed E-state index contributed by atoms with van der Waals surface area (Å²) in [5, 5.41) is 0. The smallest absolute Gasteiger partial charge is 0.0726 e. The lowest BCUT2D eigenvalue weighted by molar-refractivity contribution is 0.793. The molecule has 0 aliphatic heterocycles. The minimum Gasteiger partial charge on any atom is -0.310 e. The van der Waals surface area contributed by atoms with E-state index in [9.17, 15) is 0 Å². The molecular formula is C43H28BrN. The summed E-state index contributed by atoms with van der Waals surface area (Å²) in [6.07, 6.45) is 0. The molecule has 0 unspecified atom stereocenters. The lowest BCUT2D eigenvalue weighted by Crippen LogP contribution is -2.26. The molecule has 7 aromatic carbocycles. The van der Waals surface area contributed by atoms with Crippen molar-refractivity contribution in [2.24, 2.45) is 0 Å². The van der Waals surface area contributed by atoms with Gasteiger partial charge in [-0.1, -0.05) is 137 Å². The third kappa shape index (κ3) is 3.86. The van der Waals surface area contributed by atoms with Gasteiger partial charge in [0.1, 0.15) is 0 Å². The van der Waals surface area contributed by atoms with Crippen molar-refractivity contribution in [3.05, 3.63) is 197 Å². The average Bonchev–Trinajstić information content (AvgIpc) is 3.56. The first-order valence-corrected chi connectivity index (χ1v) is 16.2. The first-order valence-electron chi connectivity index (χ1n) is 15.4. The van der Waals surface area contributed by atoms with Gasteiger partial charge in [0.25, 0.3) is 0 Å². The molecule has 1 nitrogen and oxygen atoms in total. The molecule has 0 amide bonds. The zero-order chi connectivity index (χ0) is 30.0. The highest BCUT2D eigenvalue weighted by Gasteiger charge is 2.51. The monoisotopic (exact) mass is 637 g/mol. The zero-order valence-electron chi connectivity index (χ0n) is 24.5. The molecule has 0 N–H and O–H groups in total. The first-order chi connectivity index (χ1) is 22.2. The SMILES string of the molecule is Brc1cccc(-c2ccc(N(c3ccccc3)c3ccc4c(c3)C3(c5ccccc5-c5ccccc53)c3ccccc3-4)cc2)c1. The molecule has 0 aromatic heterocycles. The van der Waals surface area contributed by atoms with Crippen molar-refractivity contribution >= 4 is 33.0 Å². The number of anilines is 3. The molecule has 0 fully saturated rings. The Morgan fingerprint density at radius 2 is 0.867 bits per heavy atom. The van der Waals surface area contributed by atoms with E-state index in [0.717, 1.165) is 21.5 Å². The lowest BCUT2D eigenvalue weighted by Gasteiger charge is -2.32. The highest BCUT2D eigenvalue weighted by molar-refractivity contribution is 9.10. The van der Waals surface area contributed by atoms with Gasteiger partial charge in [0, 0.05) is 21.5 Å². The normalized spacial score (nSPS) is 13.2. The maximum atomic E-state index is 3.63. The van der Waals surface area contributed by atoms with Crippen LogP contribution in [0, 0.1) is 0 Å². The van der Waals surface area contributed by atoms with E-state index >= 15 is 0 Å². The molecule has 2 aliphatic carbocycles. The molecule has 1 spiro atoms. The number of benzene rings is 7.